The highest BCUT2D eigenvalue weighted by atomic mass is 32.2. The van der Waals surface area contributed by atoms with Gasteiger partial charge in [0.05, 0.1) is 23.6 Å². The quantitative estimate of drug-likeness (QED) is 0.211. The fraction of sp³-hybridized carbons (Fsp3) is 0.273. The number of amides is 1. The number of nitrogens with zero attached hydrogens (tertiary/aromatic N) is 2. The number of aliphatic carboxylic acids is 1. The van der Waals surface area contributed by atoms with Gasteiger partial charge in [-0.3, -0.25) is 9.59 Å². The van der Waals surface area contributed by atoms with Gasteiger partial charge < -0.3 is 26.7 Å². The average molecular weight is 503 g/mol. The summed E-state index contributed by atoms with van der Waals surface area (Å²) in [5.41, 5.74) is 13.2. The summed E-state index contributed by atoms with van der Waals surface area (Å²) in [5, 5.41) is 15.8. The third kappa shape index (κ3) is 8.08. The first-order valence-corrected chi connectivity index (χ1v) is 12.2. The van der Waals surface area contributed by atoms with E-state index < -0.39 is 40.6 Å². The second-order valence-corrected chi connectivity index (χ2v) is 9.57. The van der Waals surface area contributed by atoms with E-state index in [2.05, 4.69) is 20.2 Å². The number of carboxylic acid groups (broad SMARTS) is 1. The van der Waals surface area contributed by atoms with E-state index in [1.54, 1.807) is 54.6 Å². The van der Waals surface area contributed by atoms with Crippen LogP contribution in [-0.2, 0) is 30.2 Å². The van der Waals surface area contributed by atoms with E-state index in [1.165, 1.54) is 0 Å². The Bertz CT molecular complexity index is 1210. The molecule has 0 saturated carbocycles. The summed E-state index contributed by atoms with van der Waals surface area (Å²) in [5.74, 6) is -2.34. The largest absolute Gasteiger partial charge is 0.480 e. The molecule has 186 valence electrons. The monoisotopic (exact) mass is 502 g/mol. The Kier molecular flexibility index (Phi) is 8.39. The molecule has 13 heteroatoms. The molecule has 1 heterocycles. The maximum absolute atomic E-state index is 12.3. The van der Waals surface area contributed by atoms with Gasteiger partial charge in [-0.05, 0) is 23.3 Å². The van der Waals surface area contributed by atoms with Crippen molar-refractivity contribution in [2.75, 3.05) is 6.54 Å². The number of nitrogens with one attached hydrogen (secondary N) is 2. The van der Waals surface area contributed by atoms with Gasteiger partial charge in [-0.1, -0.05) is 47.6 Å². The highest BCUT2D eigenvalue weighted by Crippen LogP contribution is 2.21. The Morgan fingerprint density at radius 1 is 1.14 bits per heavy atom. The second kappa shape index (κ2) is 11.4. The fourth-order valence-electron chi connectivity index (χ4n) is 3.31. The number of hydrogen-bond acceptors (Lipinski definition) is 7. The first kappa shape index (κ1) is 25.6. The molecule has 2 aromatic carbocycles. The highest BCUT2D eigenvalue weighted by Gasteiger charge is 2.27. The van der Waals surface area contributed by atoms with Crippen LogP contribution in [0.15, 0.2) is 64.7 Å². The minimum atomic E-state index is -3.94. The molecule has 0 aromatic heterocycles. The first-order chi connectivity index (χ1) is 16.6. The number of carboxylic acids is 1. The lowest BCUT2D eigenvalue weighted by Crippen LogP contribution is -2.48. The Morgan fingerprint density at radius 3 is 2.46 bits per heavy atom. The van der Waals surface area contributed by atoms with Crippen molar-refractivity contribution in [3.8, 4) is 0 Å². The molecule has 12 nitrogen and oxygen atoms in total. The molecule has 35 heavy (non-hydrogen) atoms. The predicted molar refractivity (Wildman–Crippen MR) is 129 cm³/mol. The van der Waals surface area contributed by atoms with Crippen molar-refractivity contribution in [3.63, 3.8) is 0 Å². The maximum atomic E-state index is 12.3. The molecule has 2 aromatic rings. The second-order valence-electron chi connectivity index (χ2n) is 7.81. The highest BCUT2D eigenvalue weighted by molar-refractivity contribution is 7.88. The number of carbonyl (C=O) groups is 2. The fourth-order valence-corrected chi connectivity index (χ4v) is 4.64. The Labute approximate surface area is 202 Å². The SMILES string of the molecule is NC(N)=Nc1ccc(C2=NO[C@H](CC(=O)NC[C@H](NS(=O)(=O)Cc3ccccc3)C(=O)O)C2)cc1. The van der Waals surface area contributed by atoms with E-state index in [1.807, 2.05) is 0 Å². The number of nitrogens with two attached hydrogens (primary N) is 2. The van der Waals surface area contributed by atoms with Gasteiger partial charge in [0.25, 0.3) is 0 Å². The number of carbonyl (C=O) groups excluding carboxylic acids is 1. The summed E-state index contributed by atoms with van der Waals surface area (Å²) >= 11 is 0. The van der Waals surface area contributed by atoms with E-state index in [0.29, 0.717) is 23.4 Å². The van der Waals surface area contributed by atoms with Crippen molar-refractivity contribution in [1.29, 1.82) is 0 Å². The number of benzene rings is 2. The van der Waals surface area contributed by atoms with Gasteiger partial charge in [-0.2, -0.15) is 4.72 Å². The summed E-state index contributed by atoms with van der Waals surface area (Å²) in [7, 11) is -3.94. The van der Waals surface area contributed by atoms with E-state index >= 15 is 0 Å². The summed E-state index contributed by atoms with van der Waals surface area (Å²) in [6.07, 6.45) is -0.260. The summed E-state index contributed by atoms with van der Waals surface area (Å²) in [6.45, 7) is -0.422. The first-order valence-electron chi connectivity index (χ1n) is 10.6. The van der Waals surface area contributed by atoms with Crippen molar-refractivity contribution < 1.29 is 28.0 Å². The van der Waals surface area contributed by atoms with Crippen LogP contribution in [0, 0.1) is 0 Å². The van der Waals surface area contributed by atoms with Crippen molar-refractivity contribution in [3.05, 3.63) is 65.7 Å². The van der Waals surface area contributed by atoms with Gasteiger partial charge in [0, 0.05) is 13.0 Å². The van der Waals surface area contributed by atoms with Crippen LogP contribution in [0.5, 0.6) is 0 Å². The average Bonchev–Trinajstić information content (AvgIpc) is 3.25. The molecule has 2 atom stereocenters. The molecular weight excluding hydrogens is 476 g/mol. The lowest BCUT2D eigenvalue weighted by atomic mass is 10.0. The number of guanidine groups is 1. The Balaban J connectivity index is 1.48. The normalized spacial score (nSPS) is 16.0. The van der Waals surface area contributed by atoms with E-state index in [4.69, 9.17) is 16.3 Å². The third-order valence-corrected chi connectivity index (χ3v) is 6.28. The van der Waals surface area contributed by atoms with Crippen LogP contribution in [0.1, 0.15) is 24.0 Å². The molecule has 1 aliphatic heterocycles. The van der Waals surface area contributed by atoms with Crippen molar-refractivity contribution >= 4 is 39.3 Å². The molecule has 0 saturated heterocycles. The minimum Gasteiger partial charge on any atom is -0.480 e. The van der Waals surface area contributed by atoms with Gasteiger partial charge >= 0.3 is 5.97 Å². The lowest BCUT2D eigenvalue weighted by Gasteiger charge is -2.16. The van der Waals surface area contributed by atoms with Crippen molar-refractivity contribution in [2.45, 2.75) is 30.7 Å². The summed E-state index contributed by atoms with van der Waals surface area (Å²) in [6, 6.07) is 13.8. The molecule has 1 amide bonds. The van der Waals surface area contributed by atoms with Crippen LogP contribution in [0.2, 0.25) is 0 Å². The number of sulfonamides is 1. The van der Waals surface area contributed by atoms with E-state index in [9.17, 15) is 23.1 Å². The zero-order chi connectivity index (χ0) is 25.4. The van der Waals surface area contributed by atoms with Crippen LogP contribution in [-0.4, -0.2) is 55.8 Å². The topological polar surface area (TPSA) is 199 Å². The number of rotatable bonds is 11. The van der Waals surface area contributed by atoms with Gasteiger partial charge in [-0.15, -0.1) is 0 Å². The van der Waals surface area contributed by atoms with E-state index in [-0.39, 0.29) is 18.1 Å². The molecule has 0 aliphatic carbocycles. The molecule has 0 unspecified atom stereocenters. The minimum absolute atomic E-state index is 0.0560. The Hall–Kier alpha value is -3.97. The standard InChI is InChI=1S/C22H26N6O6S/c23-22(24)26-16-8-6-15(7-9-16)18-10-17(34-27-18)11-20(29)25-12-19(21(30)31)28-35(32,33)13-14-4-2-1-3-5-14/h1-9,17,19,28H,10-13H2,(H,25,29)(H,30,31)(H4,23,24,26)/t17-,19-/m0/s1. The van der Waals surface area contributed by atoms with Crippen molar-refractivity contribution in [2.24, 2.45) is 21.6 Å². The molecule has 7 N–H and O–H groups in total. The molecule has 3 rings (SSSR count). The summed E-state index contributed by atoms with van der Waals surface area (Å²) < 4.78 is 26.8. The van der Waals surface area contributed by atoms with Crippen molar-refractivity contribution in [1.82, 2.24) is 10.0 Å². The third-order valence-electron chi connectivity index (χ3n) is 4.93. The molecule has 0 radical (unpaired) electrons. The zero-order valence-corrected chi connectivity index (χ0v) is 19.4. The number of oxime groups is 1. The number of hydrogen-bond donors (Lipinski definition) is 5. The molecule has 0 spiro atoms. The Morgan fingerprint density at radius 2 is 1.83 bits per heavy atom. The predicted octanol–water partition coefficient (Wildman–Crippen LogP) is 0.164. The zero-order valence-electron chi connectivity index (χ0n) is 18.6. The smallest absolute Gasteiger partial charge is 0.323 e. The summed E-state index contributed by atoms with van der Waals surface area (Å²) in [4.78, 5) is 33.1. The lowest BCUT2D eigenvalue weighted by molar-refractivity contribution is -0.139. The van der Waals surface area contributed by atoms with Gasteiger partial charge in [0.1, 0.15) is 12.1 Å². The molecule has 1 aliphatic rings. The molecule has 0 bridgehead atoms. The van der Waals surface area contributed by atoms with Crippen LogP contribution < -0.4 is 21.5 Å². The van der Waals surface area contributed by atoms with Crippen LogP contribution in [0.4, 0.5) is 5.69 Å². The number of aliphatic imine (C=N–C) groups is 1. The maximum Gasteiger partial charge on any atom is 0.323 e. The van der Waals surface area contributed by atoms with E-state index in [0.717, 1.165) is 5.56 Å². The molecular formula is C22H26N6O6S. The van der Waals surface area contributed by atoms with Crippen LogP contribution >= 0.6 is 0 Å². The van der Waals surface area contributed by atoms with Gasteiger partial charge in [0.2, 0.25) is 15.9 Å². The van der Waals surface area contributed by atoms with Crippen LogP contribution in [0.25, 0.3) is 0 Å². The molecule has 0 fully saturated rings. The van der Waals surface area contributed by atoms with Crippen LogP contribution in [0.3, 0.4) is 0 Å². The van der Waals surface area contributed by atoms with Gasteiger partial charge in [0.15, 0.2) is 5.96 Å². The van der Waals surface area contributed by atoms with Gasteiger partial charge in [-0.25, -0.2) is 13.4 Å².